The van der Waals surface area contributed by atoms with Gasteiger partial charge in [-0.15, -0.1) is 0 Å². The van der Waals surface area contributed by atoms with Gasteiger partial charge >= 0.3 is 0 Å². The molecule has 0 saturated carbocycles. The smallest absolute Gasteiger partial charge is 0.227 e. The van der Waals surface area contributed by atoms with E-state index in [1.807, 2.05) is 30.0 Å². The predicted octanol–water partition coefficient (Wildman–Crippen LogP) is 2.72. The molecule has 0 saturated heterocycles. The Balaban J connectivity index is 2.86. The molecule has 0 aliphatic carbocycles. The number of nitrogens with zero attached hydrogens (tertiary/aromatic N) is 1. The Bertz CT molecular complexity index is 388. The van der Waals surface area contributed by atoms with Gasteiger partial charge in [-0.1, -0.05) is 26.0 Å². The summed E-state index contributed by atoms with van der Waals surface area (Å²) in [5.74, 6) is 0.562. The summed E-state index contributed by atoms with van der Waals surface area (Å²) in [4.78, 5) is 14.1. The van der Waals surface area contributed by atoms with E-state index in [9.17, 15) is 4.79 Å². The third-order valence-electron chi connectivity index (χ3n) is 2.78. The summed E-state index contributed by atoms with van der Waals surface area (Å²) in [6, 6.07) is 8.07. The molecule has 1 rings (SSSR count). The highest BCUT2D eigenvalue weighted by Gasteiger charge is 2.16. The van der Waals surface area contributed by atoms with Gasteiger partial charge in [0.05, 0.1) is 0 Å². The molecule has 0 aromatic heterocycles. The van der Waals surface area contributed by atoms with Crippen LogP contribution in [-0.4, -0.2) is 19.0 Å². The lowest BCUT2D eigenvalue weighted by Gasteiger charge is -2.24. The molecule has 0 spiro atoms. The topological polar surface area (TPSA) is 46.3 Å². The molecule has 0 atom stereocenters. The van der Waals surface area contributed by atoms with Crippen molar-refractivity contribution in [3.63, 3.8) is 0 Å². The number of carbonyl (C=O) groups excluding carboxylic acids is 1. The normalized spacial score (nSPS) is 10.7. The van der Waals surface area contributed by atoms with Gasteiger partial charge < -0.3 is 10.6 Å². The zero-order valence-electron chi connectivity index (χ0n) is 11.6. The number of amides is 1. The Labute approximate surface area is 110 Å². The van der Waals surface area contributed by atoms with Gasteiger partial charge in [0.1, 0.15) is 0 Å². The molecule has 0 radical (unpaired) electrons. The minimum absolute atomic E-state index is 0.184. The van der Waals surface area contributed by atoms with Crippen LogP contribution < -0.4 is 10.6 Å². The van der Waals surface area contributed by atoms with E-state index >= 15 is 0 Å². The Morgan fingerprint density at radius 2 is 2.11 bits per heavy atom. The second-order valence-corrected chi connectivity index (χ2v) is 5.12. The predicted molar refractivity (Wildman–Crippen MR) is 76.7 cm³/mol. The van der Waals surface area contributed by atoms with Crippen LogP contribution >= 0.6 is 0 Å². The monoisotopic (exact) mass is 248 g/mol. The number of carbonyl (C=O) groups is 1. The molecule has 3 heteroatoms. The summed E-state index contributed by atoms with van der Waals surface area (Å²) >= 11 is 0. The van der Waals surface area contributed by atoms with Gasteiger partial charge in [0.25, 0.3) is 0 Å². The molecule has 1 aromatic rings. The minimum Gasteiger partial charge on any atom is -0.330 e. The number of hydrogen-bond acceptors (Lipinski definition) is 2. The first-order valence-corrected chi connectivity index (χ1v) is 6.61. The van der Waals surface area contributed by atoms with Crippen molar-refractivity contribution in [2.75, 3.05) is 18.0 Å². The molecule has 1 amide bonds. The average Bonchev–Trinajstić information content (AvgIpc) is 2.28. The van der Waals surface area contributed by atoms with Crippen LogP contribution in [-0.2, 0) is 4.79 Å². The average molecular weight is 248 g/mol. The van der Waals surface area contributed by atoms with Crippen molar-refractivity contribution in [2.24, 2.45) is 11.7 Å². The van der Waals surface area contributed by atoms with E-state index in [1.165, 1.54) is 5.56 Å². The van der Waals surface area contributed by atoms with E-state index in [-0.39, 0.29) is 5.91 Å². The number of benzene rings is 1. The molecular weight excluding hydrogens is 224 g/mol. The van der Waals surface area contributed by atoms with E-state index in [4.69, 9.17) is 5.73 Å². The van der Waals surface area contributed by atoms with E-state index in [0.29, 0.717) is 25.4 Å². The number of anilines is 1. The second-order valence-electron chi connectivity index (χ2n) is 5.12. The van der Waals surface area contributed by atoms with Crippen molar-refractivity contribution in [1.82, 2.24) is 0 Å². The lowest BCUT2D eigenvalue weighted by Crippen LogP contribution is -2.33. The largest absolute Gasteiger partial charge is 0.330 e. The van der Waals surface area contributed by atoms with Crippen molar-refractivity contribution >= 4 is 11.6 Å². The first-order valence-electron chi connectivity index (χ1n) is 6.61. The molecule has 2 N–H and O–H groups in total. The van der Waals surface area contributed by atoms with Crippen LogP contribution in [0.4, 0.5) is 5.69 Å². The molecule has 0 aliphatic heterocycles. The molecule has 0 unspecified atom stereocenters. The lowest BCUT2D eigenvalue weighted by molar-refractivity contribution is -0.119. The van der Waals surface area contributed by atoms with Crippen LogP contribution in [0, 0.1) is 12.8 Å². The van der Waals surface area contributed by atoms with E-state index < -0.39 is 0 Å². The highest BCUT2D eigenvalue weighted by molar-refractivity contribution is 5.93. The van der Waals surface area contributed by atoms with E-state index in [1.54, 1.807) is 0 Å². The number of hydrogen-bond donors (Lipinski definition) is 1. The van der Waals surface area contributed by atoms with Crippen LogP contribution in [0.2, 0.25) is 0 Å². The number of aryl methyl sites for hydroxylation is 1. The maximum absolute atomic E-state index is 12.3. The lowest BCUT2D eigenvalue weighted by atomic mass is 10.1. The van der Waals surface area contributed by atoms with Crippen LogP contribution in [0.5, 0.6) is 0 Å². The highest BCUT2D eigenvalue weighted by atomic mass is 16.2. The van der Waals surface area contributed by atoms with Crippen LogP contribution in [0.25, 0.3) is 0 Å². The Hall–Kier alpha value is -1.35. The highest BCUT2D eigenvalue weighted by Crippen LogP contribution is 2.18. The van der Waals surface area contributed by atoms with Gasteiger partial charge in [0, 0.05) is 18.7 Å². The minimum atomic E-state index is 0.184. The Morgan fingerprint density at radius 1 is 1.39 bits per heavy atom. The third-order valence-corrected chi connectivity index (χ3v) is 2.78. The van der Waals surface area contributed by atoms with Crippen molar-refractivity contribution < 1.29 is 4.79 Å². The Morgan fingerprint density at radius 3 is 2.67 bits per heavy atom. The maximum Gasteiger partial charge on any atom is 0.227 e. The molecular formula is C15H24N2O. The van der Waals surface area contributed by atoms with Gasteiger partial charge in [-0.25, -0.2) is 0 Å². The molecule has 18 heavy (non-hydrogen) atoms. The molecule has 0 fully saturated rings. The van der Waals surface area contributed by atoms with Crippen LogP contribution in [0.15, 0.2) is 24.3 Å². The molecule has 0 bridgehead atoms. The fourth-order valence-electron chi connectivity index (χ4n) is 1.90. The van der Waals surface area contributed by atoms with Crippen molar-refractivity contribution in [2.45, 2.75) is 33.6 Å². The van der Waals surface area contributed by atoms with Crippen LogP contribution in [0.3, 0.4) is 0 Å². The first-order chi connectivity index (χ1) is 8.54. The Kier molecular flexibility index (Phi) is 5.86. The molecule has 3 nitrogen and oxygen atoms in total. The van der Waals surface area contributed by atoms with Gasteiger partial charge in [-0.3, -0.25) is 4.79 Å². The van der Waals surface area contributed by atoms with Crippen molar-refractivity contribution in [1.29, 1.82) is 0 Å². The summed E-state index contributed by atoms with van der Waals surface area (Å²) in [6.45, 7) is 7.48. The van der Waals surface area contributed by atoms with Crippen molar-refractivity contribution in [3.8, 4) is 0 Å². The van der Waals surface area contributed by atoms with E-state index in [0.717, 1.165) is 12.1 Å². The third kappa shape index (κ3) is 4.49. The molecule has 0 aliphatic rings. The van der Waals surface area contributed by atoms with Crippen molar-refractivity contribution in [3.05, 3.63) is 29.8 Å². The number of rotatable bonds is 6. The summed E-state index contributed by atoms with van der Waals surface area (Å²) in [5, 5.41) is 0. The van der Waals surface area contributed by atoms with Crippen LogP contribution in [0.1, 0.15) is 32.3 Å². The molecule has 1 aromatic carbocycles. The summed E-state index contributed by atoms with van der Waals surface area (Å²) in [5.41, 5.74) is 7.70. The summed E-state index contributed by atoms with van der Waals surface area (Å²) < 4.78 is 0. The zero-order valence-corrected chi connectivity index (χ0v) is 11.6. The molecule has 100 valence electrons. The summed E-state index contributed by atoms with van der Waals surface area (Å²) in [7, 11) is 0. The second kappa shape index (κ2) is 7.17. The fraction of sp³-hybridized carbons (Fsp3) is 0.533. The van der Waals surface area contributed by atoms with Gasteiger partial charge in [-0.05, 0) is 43.5 Å². The standard InChI is InChI=1S/C15H24N2O/c1-12(2)10-15(18)17(9-5-8-16)14-7-4-6-13(3)11-14/h4,6-7,11-12H,5,8-10,16H2,1-3H3. The quantitative estimate of drug-likeness (QED) is 0.841. The zero-order chi connectivity index (χ0) is 13.5. The van der Waals surface area contributed by atoms with Gasteiger partial charge in [0.15, 0.2) is 0 Å². The van der Waals surface area contributed by atoms with Gasteiger partial charge in [0.2, 0.25) is 5.91 Å². The SMILES string of the molecule is Cc1cccc(N(CCCN)C(=O)CC(C)C)c1. The first kappa shape index (κ1) is 14.7. The van der Waals surface area contributed by atoms with E-state index in [2.05, 4.69) is 19.9 Å². The number of nitrogens with two attached hydrogens (primary N) is 1. The summed E-state index contributed by atoms with van der Waals surface area (Å²) in [6.07, 6.45) is 1.41. The molecule has 0 heterocycles. The fourth-order valence-corrected chi connectivity index (χ4v) is 1.90. The van der Waals surface area contributed by atoms with Gasteiger partial charge in [-0.2, -0.15) is 0 Å². The maximum atomic E-state index is 12.3.